The molecule has 7 nitrogen and oxygen atoms in total. The number of benzene rings is 1. The van der Waals surface area contributed by atoms with Crippen LogP contribution in [0.2, 0.25) is 5.02 Å². The highest BCUT2D eigenvalue weighted by molar-refractivity contribution is 6.33. The van der Waals surface area contributed by atoms with Crippen molar-refractivity contribution in [2.45, 2.75) is 86.5 Å². The largest absolute Gasteiger partial charge is 0.452 e. The molecule has 6 atom stereocenters. The molecule has 1 aromatic carbocycles. The number of piperazine rings is 1. The number of hydrogen-bond acceptors (Lipinski definition) is 6. The van der Waals surface area contributed by atoms with E-state index in [1.165, 1.54) is 5.57 Å². The fraction of sp³-hybridized carbons (Fsp3) is 0.558. The van der Waals surface area contributed by atoms with E-state index in [2.05, 4.69) is 57.6 Å². The summed E-state index contributed by atoms with van der Waals surface area (Å²) in [6.07, 6.45) is 17.7. The summed E-state index contributed by atoms with van der Waals surface area (Å²) in [6, 6.07) is 7.72. The molecule has 1 aliphatic heterocycles. The molecule has 1 saturated heterocycles. The van der Waals surface area contributed by atoms with E-state index in [1.54, 1.807) is 11.0 Å². The van der Waals surface area contributed by atoms with E-state index < -0.39 is 11.5 Å². The Bertz CT molecular complexity index is 1860. The summed E-state index contributed by atoms with van der Waals surface area (Å²) >= 11 is 6.42. The average Bonchev–Trinajstić information content (AvgIpc) is 3.11. The molecule has 1 amide bonds. The molecule has 0 N–H and O–H groups in total. The zero-order chi connectivity index (χ0) is 36.6. The van der Waals surface area contributed by atoms with Crippen LogP contribution in [-0.4, -0.2) is 55.5 Å². The van der Waals surface area contributed by atoms with Gasteiger partial charge in [-0.1, -0.05) is 75.1 Å². The number of para-hydroxylation sites is 1. The predicted octanol–water partition coefficient (Wildman–Crippen LogP) is 8.84. The van der Waals surface area contributed by atoms with Gasteiger partial charge in [-0.2, -0.15) is 0 Å². The van der Waals surface area contributed by atoms with Crippen molar-refractivity contribution in [2.24, 2.45) is 33.0 Å². The Balaban J connectivity index is 1.14. The topological polar surface area (TPSA) is 76.2 Å². The summed E-state index contributed by atoms with van der Waals surface area (Å²) in [5, 5.41) is 0.686. The van der Waals surface area contributed by atoms with Crippen molar-refractivity contribution in [1.82, 2.24) is 4.90 Å². The molecule has 0 bridgehead atoms. The van der Waals surface area contributed by atoms with Crippen LogP contribution in [0, 0.1) is 45.3 Å². The second-order valence-corrected chi connectivity index (χ2v) is 17.6. The average molecular weight is 711 g/mol. The summed E-state index contributed by atoms with van der Waals surface area (Å²) in [5.74, 6) is 2.47. The van der Waals surface area contributed by atoms with Gasteiger partial charge in [-0.3, -0.25) is 9.59 Å². The first-order chi connectivity index (χ1) is 24.1. The van der Waals surface area contributed by atoms with E-state index in [0.29, 0.717) is 42.7 Å². The molecule has 51 heavy (non-hydrogen) atoms. The second kappa shape index (κ2) is 12.4. The Morgan fingerprint density at radius 1 is 0.961 bits per heavy atom. The number of terminal acetylenes is 1. The van der Waals surface area contributed by atoms with Crippen molar-refractivity contribution in [3.63, 3.8) is 0 Å². The van der Waals surface area contributed by atoms with Crippen molar-refractivity contribution < 1.29 is 23.9 Å². The highest BCUT2D eigenvalue weighted by atomic mass is 35.5. The van der Waals surface area contributed by atoms with Gasteiger partial charge in [0.2, 0.25) is 5.78 Å². The molecule has 0 radical (unpaired) electrons. The van der Waals surface area contributed by atoms with Gasteiger partial charge < -0.3 is 19.3 Å². The number of carbonyl (C=O) groups is 3. The lowest BCUT2D eigenvalue weighted by molar-refractivity contribution is -0.181. The number of carbonyl (C=O) groups excluding carboxylic acids is 3. The third-order valence-electron chi connectivity index (χ3n) is 14.5. The molecule has 0 spiro atoms. The standard InChI is InChI=1S/C43H51ClN2O5/c1-8-25-50-37(48)40(4)16-15-39(3)17-19-42(6)34-14-13-29-28(2)36(33(47)26-30(29)41(34,5)18-20-43(42,7)35(39)27-40)51-38(49)46-23-21-45(22-24-46)32-12-10-9-11-31(32)44/h1,9-14,26,35H,15-25,27H2,2-7H3/t35-,39-,40-,41+,42-,43+/m1/s1. The quantitative estimate of drug-likeness (QED) is 0.230. The molecule has 0 aromatic heterocycles. The highest BCUT2D eigenvalue weighted by Crippen LogP contribution is 2.75. The van der Waals surface area contributed by atoms with Gasteiger partial charge in [0.1, 0.15) is 0 Å². The number of hydrogen-bond donors (Lipinski definition) is 0. The van der Waals surface area contributed by atoms with E-state index in [-0.39, 0.29) is 45.8 Å². The Hall–Kier alpha value is -3.76. The van der Waals surface area contributed by atoms with Crippen molar-refractivity contribution in [3.05, 3.63) is 75.6 Å². The summed E-state index contributed by atoms with van der Waals surface area (Å²) in [4.78, 5) is 44.5. The van der Waals surface area contributed by atoms with Gasteiger partial charge in [-0.25, -0.2) is 4.79 Å². The lowest BCUT2D eigenvalue weighted by Gasteiger charge is -2.70. The molecule has 7 rings (SSSR count). The van der Waals surface area contributed by atoms with Crippen LogP contribution in [0.4, 0.5) is 10.5 Å². The van der Waals surface area contributed by atoms with Crippen LogP contribution in [0.15, 0.2) is 70.5 Å². The highest BCUT2D eigenvalue weighted by Gasteiger charge is 2.67. The Morgan fingerprint density at radius 3 is 2.37 bits per heavy atom. The zero-order valence-corrected chi connectivity index (χ0v) is 31.8. The number of amides is 1. The van der Waals surface area contributed by atoms with Crippen LogP contribution in [-0.2, 0) is 19.1 Å². The Kier molecular flexibility index (Phi) is 8.69. The number of anilines is 1. The van der Waals surface area contributed by atoms with Crippen molar-refractivity contribution in [1.29, 1.82) is 0 Å². The minimum absolute atomic E-state index is 0.00926. The lowest BCUT2D eigenvalue weighted by Crippen LogP contribution is -2.62. The van der Waals surface area contributed by atoms with Gasteiger partial charge in [0.15, 0.2) is 12.4 Å². The molecular weight excluding hydrogens is 660 g/mol. The minimum atomic E-state index is -0.561. The summed E-state index contributed by atoms with van der Waals surface area (Å²) in [6.45, 7) is 15.8. The van der Waals surface area contributed by atoms with Gasteiger partial charge >= 0.3 is 12.1 Å². The van der Waals surface area contributed by atoms with Crippen molar-refractivity contribution in [2.75, 3.05) is 37.7 Å². The van der Waals surface area contributed by atoms with E-state index in [1.807, 2.05) is 31.2 Å². The van der Waals surface area contributed by atoms with Gasteiger partial charge in [0, 0.05) is 37.2 Å². The molecule has 6 aliphatic rings. The number of nitrogens with zero attached hydrogens (tertiary/aromatic N) is 2. The van der Waals surface area contributed by atoms with E-state index in [9.17, 15) is 14.4 Å². The third kappa shape index (κ3) is 5.42. The Labute approximate surface area is 308 Å². The number of ketones is 1. The van der Waals surface area contributed by atoms with Crippen molar-refractivity contribution in [3.8, 4) is 12.3 Å². The van der Waals surface area contributed by atoms with Crippen LogP contribution < -0.4 is 4.90 Å². The van der Waals surface area contributed by atoms with Crippen LogP contribution in [0.1, 0.15) is 86.5 Å². The smallest absolute Gasteiger partial charge is 0.415 e. The minimum Gasteiger partial charge on any atom is -0.452 e. The molecule has 1 aromatic rings. The van der Waals surface area contributed by atoms with E-state index in [4.69, 9.17) is 27.5 Å². The maximum atomic E-state index is 13.9. The molecule has 5 aliphatic carbocycles. The first-order valence-corrected chi connectivity index (χ1v) is 19.0. The van der Waals surface area contributed by atoms with Gasteiger partial charge in [0.25, 0.3) is 0 Å². The molecule has 4 fully saturated rings. The monoisotopic (exact) mass is 710 g/mol. The van der Waals surface area contributed by atoms with Crippen LogP contribution in [0.25, 0.3) is 0 Å². The Morgan fingerprint density at radius 2 is 1.67 bits per heavy atom. The third-order valence-corrected chi connectivity index (χ3v) is 14.9. The van der Waals surface area contributed by atoms with Gasteiger partial charge in [-0.05, 0) is 110 Å². The number of fused-ring (bicyclic) bond motifs is 7. The number of ether oxygens (including phenoxy) is 2. The maximum absolute atomic E-state index is 13.9. The predicted molar refractivity (Wildman–Crippen MR) is 200 cm³/mol. The molecule has 3 saturated carbocycles. The molecule has 0 unspecified atom stereocenters. The fourth-order valence-electron chi connectivity index (χ4n) is 11.0. The number of esters is 1. The molecule has 8 heteroatoms. The summed E-state index contributed by atoms with van der Waals surface area (Å²) in [5.41, 5.74) is 4.10. The SMILES string of the molecule is C#CCOC(=O)[C@]1(C)CC[C@]2(C)CC[C@]3(C)C4=CC=C5C(=CC(=O)C(OC(=O)N6CCN(c7ccccc7Cl)CC6)=C5C)[C@]4(C)CC[C@@]3(C)[C@@H]2C1. The number of allylic oxidation sites excluding steroid dienone is 7. The van der Waals surface area contributed by atoms with Crippen LogP contribution >= 0.6 is 11.6 Å². The fourth-order valence-corrected chi connectivity index (χ4v) is 11.3. The molecular formula is C43H51ClN2O5. The van der Waals surface area contributed by atoms with E-state index in [0.717, 1.165) is 61.8 Å². The normalized spacial score (nSPS) is 35.9. The van der Waals surface area contributed by atoms with Crippen LogP contribution in [0.3, 0.4) is 0 Å². The molecule has 1 heterocycles. The van der Waals surface area contributed by atoms with Crippen LogP contribution in [0.5, 0.6) is 0 Å². The summed E-state index contributed by atoms with van der Waals surface area (Å²) < 4.78 is 11.4. The first kappa shape index (κ1) is 35.6. The van der Waals surface area contributed by atoms with Crippen molar-refractivity contribution >= 4 is 35.1 Å². The second-order valence-electron chi connectivity index (χ2n) is 17.2. The number of halogens is 1. The van der Waals surface area contributed by atoms with Gasteiger partial charge in [-0.15, -0.1) is 6.42 Å². The number of rotatable bonds is 4. The molecule has 270 valence electrons. The summed E-state index contributed by atoms with van der Waals surface area (Å²) in [7, 11) is 0. The maximum Gasteiger partial charge on any atom is 0.415 e. The van der Waals surface area contributed by atoms with Gasteiger partial charge in [0.05, 0.1) is 16.1 Å². The van der Waals surface area contributed by atoms with E-state index >= 15 is 0 Å². The zero-order valence-electron chi connectivity index (χ0n) is 31.0. The first-order valence-electron chi connectivity index (χ1n) is 18.6. The lowest BCUT2D eigenvalue weighted by atomic mass is 9.34.